The van der Waals surface area contributed by atoms with Crippen molar-refractivity contribution >= 4 is 23.8 Å². The molecule has 4 nitrogen and oxygen atoms in total. The third-order valence-electron chi connectivity index (χ3n) is 7.19. The Kier molecular flexibility index (Phi) is 16.1. The fourth-order valence-electron chi connectivity index (χ4n) is 4.48. The van der Waals surface area contributed by atoms with Gasteiger partial charge in [0.25, 0.3) is 0 Å². The Balaban J connectivity index is 0. The van der Waals surface area contributed by atoms with Crippen molar-refractivity contribution in [3.05, 3.63) is 81.9 Å². The molecule has 0 unspecified atom stereocenters. The number of halogens is 3. The molecule has 0 aliphatic heterocycles. The summed E-state index contributed by atoms with van der Waals surface area (Å²) < 4.78 is 0. The second kappa shape index (κ2) is 16.0. The minimum atomic E-state index is -0.217. The molecule has 3 aromatic rings. The molecule has 3 aromatic carbocycles. The Morgan fingerprint density at radius 1 is 0.500 bits per heavy atom. The average molecular weight is 699 g/mol. The van der Waals surface area contributed by atoms with Crippen LogP contribution >= 0.6 is 0 Å². The maximum atomic E-state index is 11.2. The smallest absolute Gasteiger partial charge is 1.00 e. The van der Waals surface area contributed by atoms with Crippen molar-refractivity contribution < 1.29 is 64.8 Å². The molecule has 0 aromatic heterocycles. The van der Waals surface area contributed by atoms with Gasteiger partial charge in [0.2, 0.25) is 0 Å². The molecular weight excluding hydrogens is 651 g/mol. The van der Waals surface area contributed by atoms with E-state index in [-0.39, 0.29) is 87.7 Å². The topological polar surface area (TPSA) is 65.2 Å². The van der Waals surface area contributed by atoms with Crippen LogP contribution in [0.1, 0.15) is 116 Å². The summed E-state index contributed by atoms with van der Waals surface area (Å²) in [7, 11) is 0. The van der Waals surface area contributed by atoms with E-state index in [9.17, 15) is 10.2 Å². The summed E-state index contributed by atoms with van der Waals surface area (Å²) in [6, 6.07) is 15.9. The maximum absolute atomic E-state index is 11.2. The van der Waals surface area contributed by atoms with Crippen LogP contribution in [0.5, 0.6) is 11.5 Å². The summed E-state index contributed by atoms with van der Waals surface area (Å²) in [5.41, 5.74) is 6.23. The first kappa shape index (κ1) is 44.1. The number of hydrogen-bond acceptors (Lipinski definition) is 4. The van der Waals surface area contributed by atoms with E-state index in [1.807, 2.05) is 36.4 Å². The first-order valence-electron chi connectivity index (χ1n) is 14.1. The van der Waals surface area contributed by atoms with Gasteiger partial charge in [-0.25, -0.2) is 0 Å². The van der Waals surface area contributed by atoms with Crippen molar-refractivity contribution in [1.29, 1.82) is 0 Å². The molecule has 2 N–H and O–H groups in total. The van der Waals surface area contributed by atoms with Crippen LogP contribution in [0.15, 0.2) is 58.5 Å². The quantitative estimate of drug-likeness (QED) is 0.397. The second-order valence-corrected chi connectivity index (χ2v) is 14.9. The van der Waals surface area contributed by atoms with E-state index in [1.54, 1.807) is 12.4 Å². The van der Waals surface area contributed by atoms with Crippen LogP contribution in [0.4, 0.5) is 11.4 Å². The number of aliphatic imine (C=N–C) groups is 2. The van der Waals surface area contributed by atoms with Gasteiger partial charge in [-0.05, 0) is 57.1 Å². The number of phenols is 2. The van der Waals surface area contributed by atoms with E-state index in [1.165, 1.54) is 0 Å². The molecule has 0 saturated carbocycles. The number of phenolic OH excluding ortho intramolecular Hbond substituents is 2. The zero-order valence-electron chi connectivity index (χ0n) is 28.1. The first-order valence-corrected chi connectivity index (χ1v) is 14.1. The van der Waals surface area contributed by atoms with E-state index in [2.05, 4.69) is 95.2 Å². The van der Waals surface area contributed by atoms with E-state index in [0.29, 0.717) is 22.5 Å². The molecule has 0 saturated heterocycles. The number of benzene rings is 3. The molecule has 3 rings (SSSR count). The monoisotopic (exact) mass is 697 g/mol. The van der Waals surface area contributed by atoms with Crippen LogP contribution in [-0.2, 0) is 39.0 Å². The molecule has 0 spiro atoms. The number of rotatable bonds is 4. The Morgan fingerprint density at radius 2 is 0.795 bits per heavy atom. The van der Waals surface area contributed by atoms with Gasteiger partial charge in [0.05, 0.1) is 11.4 Å². The van der Waals surface area contributed by atoms with E-state index < -0.39 is 0 Å². The van der Waals surface area contributed by atoms with Gasteiger partial charge in [-0.2, -0.15) is 0 Å². The van der Waals surface area contributed by atoms with Gasteiger partial charge in [-0.1, -0.05) is 107 Å². The van der Waals surface area contributed by atoms with Crippen LogP contribution in [0.2, 0.25) is 0 Å². The predicted molar refractivity (Wildman–Crippen MR) is 172 cm³/mol. The standard InChI is InChI=1S/C36H48N2O2.3ClH.Cr/c1-33(2,3)25-17-23(31(39)27(19-25)35(7,8)9)21-37-29-15-13-14-16-30(29)38-22-24-18-26(34(4,5)6)20-28(32(24)40)36(10,11)12;;;;/h13-22,39-40H,1-12H3;3*1H;/q;;;;+3/p-3. The molecule has 8 heteroatoms. The molecule has 0 heterocycles. The largest absolute Gasteiger partial charge is 3.00 e. The minimum absolute atomic E-state index is 0. The number of aromatic hydroxyl groups is 2. The van der Waals surface area contributed by atoms with Crippen LogP contribution < -0.4 is 37.2 Å². The third-order valence-corrected chi connectivity index (χ3v) is 7.19. The van der Waals surface area contributed by atoms with E-state index >= 15 is 0 Å². The van der Waals surface area contributed by atoms with Gasteiger partial charge in [-0.3, -0.25) is 9.98 Å². The number of nitrogens with zero attached hydrogens (tertiary/aromatic N) is 2. The van der Waals surface area contributed by atoms with Gasteiger partial charge < -0.3 is 47.4 Å². The van der Waals surface area contributed by atoms with Crippen LogP contribution in [-0.4, -0.2) is 22.6 Å². The van der Waals surface area contributed by atoms with Crippen molar-refractivity contribution in [2.24, 2.45) is 9.98 Å². The van der Waals surface area contributed by atoms with Gasteiger partial charge in [-0.15, -0.1) is 0 Å². The summed E-state index contributed by atoms with van der Waals surface area (Å²) in [5.74, 6) is 0.507. The Bertz CT molecular complexity index is 1350. The van der Waals surface area contributed by atoms with Crippen molar-refractivity contribution in [1.82, 2.24) is 0 Å². The van der Waals surface area contributed by atoms with Crippen molar-refractivity contribution in [2.45, 2.75) is 105 Å². The molecule has 241 valence electrons. The molecule has 1 radical (unpaired) electrons. The third kappa shape index (κ3) is 10.8. The summed E-state index contributed by atoms with van der Waals surface area (Å²) in [4.78, 5) is 9.54. The number of para-hydroxylation sites is 2. The van der Waals surface area contributed by atoms with Crippen LogP contribution in [0.25, 0.3) is 0 Å². The van der Waals surface area contributed by atoms with Crippen LogP contribution in [0, 0.1) is 0 Å². The van der Waals surface area contributed by atoms with Crippen molar-refractivity contribution in [3.8, 4) is 11.5 Å². The SMILES string of the molecule is CC(C)(C)c1cc(C=Nc2ccccc2N=Cc2cc(C(C)(C)C)cc(C(C)(C)C)c2O)c(O)c(C(C)(C)C)c1.[Cl-].[Cl-].[Cl-].[Cr+3]. The summed E-state index contributed by atoms with van der Waals surface area (Å²) >= 11 is 0. The second-order valence-electron chi connectivity index (χ2n) is 14.9. The van der Waals surface area contributed by atoms with Gasteiger partial charge in [0.15, 0.2) is 0 Å². The van der Waals surface area contributed by atoms with Crippen molar-refractivity contribution in [3.63, 3.8) is 0 Å². The molecule has 44 heavy (non-hydrogen) atoms. The van der Waals surface area contributed by atoms with Gasteiger partial charge in [0, 0.05) is 34.7 Å². The predicted octanol–water partition coefficient (Wildman–Crippen LogP) is 0.799. The first-order chi connectivity index (χ1) is 18.2. The Labute approximate surface area is 295 Å². The van der Waals surface area contributed by atoms with E-state index in [4.69, 9.17) is 9.98 Å². The van der Waals surface area contributed by atoms with Gasteiger partial charge in [0.1, 0.15) is 11.5 Å². The minimum Gasteiger partial charge on any atom is -1.00 e. The summed E-state index contributed by atoms with van der Waals surface area (Å²) in [6.45, 7) is 25.7. The molecule has 0 aliphatic rings. The molecule has 0 atom stereocenters. The summed E-state index contributed by atoms with van der Waals surface area (Å²) in [5, 5.41) is 22.4. The fraction of sp³-hybridized carbons (Fsp3) is 0.444. The maximum Gasteiger partial charge on any atom is 3.00 e. The Morgan fingerprint density at radius 3 is 1.05 bits per heavy atom. The average Bonchev–Trinajstić information content (AvgIpc) is 2.80. The molecule has 0 amide bonds. The van der Waals surface area contributed by atoms with Crippen LogP contribution in [0.3, 0.4) is 0 Å². The molecular formula is C36H48Cl3CrN2O2. The molecule has 0 aliphatic carbocycles. The Hall–Kier alpha value is -2.00. The normalized spacial score (nSPS) is 12.3. The zero-order valence-corrected chi connectivity index (χ0v) is 31.6. The fourth-order valence-corrected chi connectivity index (χ4v) is 4.48. The number of hydrogen-bond donors (Lipinski definition) is 2. The van der Waals surface area contributed by atoms with Crippen molar-refractivity contribution in [2.75, 3.05) is 0 Å². The summed E-state index contributed by atoms with van der Waals surface area (Å²) in [6.07, 6.45) is 3.45. The van der Waals surface area contributed by atoms with E-state index in [0.717, 1.165) is 22.3 Å². The zero-order chi connectivity index (χ0) is 30.3. The molecule has 0 fully saturated rings. The van der Waals surface area contributed by atoms with Gasteiger partial charge >= 0.3 is 17.4 Å². The molecule has 0 bridgehead atoms.